The van der Waals surface area contributed by atoms with Crippen LogP contribution in [0.25, 0.3) is 0 Å². The molecule has 148 valence electrons. The quantitative estimate of drug-likeness (QED) is 0.788. The Morgan fingerprint density at radius 2 is 1.88 bits per heavy atom. The molecule has 0 aromatic heterocycles. The van der Waals surface area contributed by atoms with Gasteiger partial charge in [0.1, 0.15) is 0 Å². The van der Waals surface area contributed by atoms with Gasteiger partial charge in [-0.25, -0.2) is 0 Å². The van der Waals surface area contributed by atoms with Crippen molar-refractivity contribution in [2.75, 3.05) is 26.2 Å². The van der Waals surface area contributed by atoms with Crippen LogP contribution in [0.3, 0.4) is 0 Å². The van der Waals surface area contributed by atoms with Crippen molar-refractivity contribution in [3.8, 4) is 0 Å². The van der Waals surface area contributed by atoms with Crippen LogP contribution in [0.1, 0.15) is 59.3 Å². The maximum atomic E-state index is 12.9. The lowest BCUT2D eigenvalue weighted by molar-refractivity contribution is -0.131. The third-order valence-electron chi connectivity index (χ3n) is 7.13. The van der Waals surface area contributed by atoms with Gasteiger partial charge in [0.15, 0.2) is 0 Å². The van der Waals surface area contributed by atoms with Crippen LogP contribution >= 0.6 is 0 Å². The van der Waals surface area contributed by atoms with Crippen LogP contribution in [0, 0.1) is 29.6 Å². The number of likely N-dealkylation sites (tertiary alicyclic amines) is 1. The van der Waals surface area contributed by atoms with E-state index in [0.717, 1.165) is 25.8 Å². The van der Waals surface area contributed by atoms with Crippen LogP contribution in [0.4, 0.5) is 0 Å². The standard InChI is InChI=1S/C21H37N3O2/c1-14-11-15(2)23-21(26)19(14)12-22-20(25)18-8-6-7-17(16(18)3)13-24-9-4-5-10-24/h14-19H,4-13H2,1-3H3,(H,22,25)(H,23,26). The molecule has 0 spiro atoms. The van der Waals surface area contributed by atoms with E-state index < -0.39 is 0 Å². The van der Waals surface area contributed by atoms with Gasteiger partial charge in [-0.3, -0.25) is 9.59 Å². The predicted molar refractivity (Wildman–Crippen MR) is 104 cm³/mol. The summed E-state index contributed by atoms with van der Waals surface area (Å²) in [5.74, 6) is 1.68. The van der Waals surface area contributed by atoms with Crippen molar-refractivity contribution in [1.29, 1.82) is 0 Å². The monoisotopic (exact) mass is 363 g/mol. The Kier molecular flexibility index (Phi) is 6.60. The van der Waals surface area contributed by atoms with Crippen molar-refractivity contribution in [1.82, 2.24) is 15.5 Å². The Morgan fingerprint density at radius 3 is 2.58 bits per heavy atom. The number of carbonyl (C=O) groups excluding carboxylic acids is 2. The van der Waals surface area contributed by atoms with Gasteiger partial charge in [0, 0.05) is 25.0 Å². The van der Waals surface area contributed by atoms with E-state index in [0.29, 0.717) is 24.3 Å². The number of rotatable bonds is 5. The maximum absolute atomic E-state index is 12.9. The fourth-order valence-electron chi connectivity index (χ4n) is 5.40. The third kappa shape index (κ3) is 4.59. The molecule has 1 aliphatic carbocycles. The lowest BCUT2D eigenvalue weighted by Gasteiger charge is -2.38. The Balaban J connectivity index is 1.51. The minimum absolute atomic E-state index is 0.0885. The molecule has 3 aliphatic rings. The van der Waals surface area contributed by atoms with Crippen molar-refractivity contribution in [2.45, 2.75) is 65.3 Å². The molecule has 5 heteroatoms. The average molecular weight is 364 g/mol. The van der Waals surface area contributed by atoms with Crippen molar-refractivity contribution in [2.24, 2.45) is 29.6 Å². The number of hydrogen-bond acceptors (Lipinski definition) is 3. The average Bonchev–Trinajstić information content (AvgIpc) is 3.08. The highest BCUT2D eigenvalue weighted by Crippen LogP contribution is 2.36. The second-order valence-corrected chi connectivity index (χ2v) is 9.14. The number of amides is 2. The Labute approximate surface area is 158 Å². The molecule has 2 heterocycles. The molecule has 2 N–H and O–H groups in total. The zero-order valence-corrected chi connectivity index (χ0v) is 16.8. The maximum Gasteiger partial charge on any atom is 0.225 e. The third-order valence-corrected chi connectivity index (χ3v) is 7.13. The molecule has 2 amide bonds. The summed E-state index contributed by atoms with van der Waals surface area (Å²) in [6.07, 6.45) is 7.04. The van der Waals surface area contributed by atoms with Crippen LogP contribution in [-0.2, 0) is 9.59 Å². The van der Waals surface area contributed by atoms with Gasteiger partial charge < -0.3 is 15.5 Å². The molecule has 2 aliphatic heterocycles. The number of nitrogens with zero attached hydrogens (tertiary/aromatic N) is 1. The van der Waals surface area contributed by atoms with Gasteiger partial charge in [0.2, 0.25) is 11.8 Å². The van der Waals surface area contributed by atoms with Crippen molar-refractivity contribution < 1.29 is 9.59 Å². The summed E-state index contributed by atoms with van der Waals surface area (Å²) in [6, 6.07) is 0.245. The molecular formula is C21H37N3O2. The molecule has 0 aromatic carbocycles. The van der Waals surface area contributed by atoms with E-state index in [1.807, 2.05) is 6.92 Å². The fourth-order valence-corrected chi connectivity index (χ4v) is 5.40. The predicted octanol–water partition coefficient (Wildman–Crippen LogP) is 2.41. The van der Waals surface area contributed by atoms with Gasteiger partial charge in [-0.2, -0.15) is 0 Å². The molecule has 0 aromatic rings. The Hall–Kier alpha value is -1.10. The molecule has 26 heavy (non-hydrogen) atoms. The van der Waals surface area contributed by atoms with Crippen molar-refractivity contribution >= 4 is 11.8 Å². The van der Waals surface area contributed by atoms with Crippen LogP contribution in [0.5, 0.6) is 0 Å². The topological polar surface area (TPSA) is 61.4 Å². The highest BCUT2D eigenvalue weighted by molar-refractivity contribution is 5.82. The lowest BCUT2D eigenvalue weighted by atomic mass is 9.72. The molecule has 1 saturated carbocycles. The molecule has 3 rings (SSSR count). The summed E-state index contributed by atoms with van der Waals surface area (Å²) >= 11 is 0. The first-order valence-electron chi connectivity index (χ1n) is 10.8. The molecule has 5 nitrogen and oxygen atoms in total. The minimum Gasteiger partial charge on any atom is -0.355 e. The minimum atomic E-state index is -0.0885. The number of nitrogens with one attached hydrogen (secondary N) is 2. The van der Waals surface area contributed by atoms with Gasteiger partial charge in [-0.1, -0.05) is 20.3 Å². The van der Waals surface area contributed by atoms with E-state index in [9.17, 15) is 9.59 Å². The van der Waals surface area contributed by atoms with Crippen LogP contribution in [0.15, 0.2) is 0 Å². The van der Waals surface area contributed by atoms with Gasteiger partial charge in [0.25, 0.3) is 0 Å². The van der Waals surface area contributed by atoms with Crippen LogP contribution in [0.2, 0.25) is 0 Å². The van der Waals surface area contributed by atoms with E-state index >= 15 is 0 Å². The second-order valence-electron chi connectivity index (χ2n) is 9.14. The van der Waals surface area contributed by atoms with E-state index in [1.54, 1.807) is 0 Å². The zero-order valence-electron chi connectivity index (χ0n) is 16.8. The van der Waals surface area contributed by atoms with Crippen molar-refractivity contribution in [3.05, 3.63) is 0 Å². The van der Waals surface area contributed by atoms with Crippen LogP contribution < -0.4 is 10.6 Å². The normalized spacial score (nSPS) is 38.8. The van der Waals surface area contributed by atoms with Crippen molar-refractivity contribution in [3.63, 3.8) is 0 Å². The Morgan fingerprint density at radius 1 is 1.15 bits per heavy atom. The first kappa shape index (κ1) is 19.7. The summed E-state index contributed by atoms with van der Waals surface area (Å²) in [7, 11) is 0. The molecule has 3 fully saturated rings. The number of piperidine rings is 1. The summed E-state index contributed by atoms with van der Waals surface area (Å²) in [5.41, 5.74) is 0. The zero-order chi connectivity index (χ0) is 18.7. The SMILES string of the molecule is CC1CC(C)C(CNC(=O)C2CCCC(CN3CCCC3)C2C)C(=O)N1. The molecule has 0 bridgehead atoms. The molecule has 6 unspecified atom stereocenters. The lowest BCUT2D eigenvalue weighted by Crippen LogP contribution is -2.51. The summed E-state index contributed by atoms with van der Waals surface area (Å²) in [4.78, 5) is 27.7. The molecule has 2 saturated heterocycles. The Bertz CT molecular complexity index is 503. The van der Waals surface area contributed by atoms with Crippen LogP contribution in [-0.4, -0.2) is 48.9 Å². The highest BCUT2D eigenvalue weighted by atomic mass is 16.2. The first-order valence-corrected chi connectivity index (χ1v) is 10.8. The molecule has 0 radical (unpaired) electrons. The summed E-state index contributed by atoms with van der Waals surface area (Å²) in [6.45, 7) is 10.5. The largest absolute Gasteiger partial charge is 0.355 e. The smallest absolute Gasteiger partial charge is 0.225 e. The van der Waals surface area contributed by atoms with E-state index in [1.165, 1.54) is 32.4 Å². The van der Waals surface area contributed by atoms with Gasteiger partial charge >= 0.3 is 0 Å². The number of hydrogen-bond donors (Lipinski definition) is 2. The highest BCUT2D eigenvalue weighted by Gasteiger charge is 2.37. The van der Waals surface area contributed by atoms with E-state index in [4.69, 9.17) is 0 Å². The molecule has 6 atom stereocenters. The van der Waals surface area contributed by atoms with Gasteiger partial charge in [-0.05, 0) is 69.9 Å². The first-order chi connectivity index (χ1) is 12.5. The number of carbonyl (C=O) groups is 2. The summed E-state index contributed by atoms with van der Waals surface area (Å²) < 4.78 is 0. The van der Waals surface area contributed by atoms with E-state index in [2.05, 4.69) is 29.4 Å². The van der Waals surface area contributed by atoms with Gasteiger partial charge in [0.05, 0.1) is 5.92 Å². The van der Waals surface area contributed by atoms with Gasteiger partial charge in [-0.15, -0.1) is 0 Å². The fraction of sp³-hybridized carbons (Fsp3) is 0.905. The van der Waals surface area contributed by atoms with E-state index in [-0.39, 0.29) is 29.7 Å². The second kappa shape index (κ2) is 8.73. The summed E-state index contributed by atoms with van der Waals surface area (Å²) in [5, 5.41) is 6.15. The molecular weight excluding hydrogens is 326 g/mol.